The lowest BCUT2D eigenvalue weighted by Crippen LogP contribution is -2.22. The van der Waals surface area contributed by atoms with Crippen molar-refractivity contribution in [2.45, 2.75) is 31.1 Å². The number of fused-ring (bicyclic) bond motifs is 1. The Hall–Kier alpha value is -2.71. The lowest BCUT2D eigenvalue weighted by molar-refractivity contribution is -0.114. The number of carbonyl (C=O) groups is 2. The predicted molar refractivity (Wildman–Crippen MR) is 122 cm³/mol. The number of carbonyl (C=O) groups excluding carboxylic acids is 2. The third-order valence-electron chi connectivity index (χ3n) is 4.77. The molecule has 0 unspecified atom stereocenters. The summed E-state index contributed by atoms with van der Waals surface area (Å²) in [5.41, 5.74) is 7.42. The van der Waals surface area contributed by atoms with E-state index in [1.165, 1.54) is 7.11 Å². The topological polar surface area (TPSA) is 99.9 Å². The van der Waals surface area contributed by atoms with Gasteiger partial charge in [-0.1, -0.05) is 13.0 Å². The molecule has 0 fully saturated rings. The molecule has 0 saturated carbocycles. The summed E-state index contributed by atoms with van der Waals surface area (Å²) in [6.07, 6.45) is 1.68. The molecular weight excluding hydrogens is 416 g/mol. The SMILES string of the molecule is CCCOc1cc2c(cc1C(=O)CCc1ccc(OC)c(NC(=O)CN)c1)SCCO2. The largest absolute Gasteiger partial charge is 0.495 e. The van der Waals surface area contributed by atoms with Gasteiger partial charge in [-0.2, -0.15) is 0 Å². The molecule has 2 aromatic carbocycles. The molecule has 1 amide bonds. The lowest BCUT2D eigenvalue weighted by Gasteiger charge is -2.20. The van der Waals surface area contributed by atoms with Gasteiger partial charge in [-0.25, -0.2) is 0 Å². The van der Waals surface area contributed by atoms with Crippen LogP contribution in [0.1, 0.15) is 35.7 Å². The van der Waals surface area contributed by atoms with Gasteiger partial charge in [0.05, 0.1) is 43.0 Å². The van der Waals surface area contributed by atoms with Crippen LogP contribution in [0.2, 0.25) is 0 Å². The first-order chi connectivity index (χ1) is 15.0. The summed E-state index contributed by atoms with van der Waals surface area (Å²) in [7, 11) is 1.53. The highest BCUT2D eigenvalue weighted by atomic mass is 32.2. The van der Waals surface area contributed by atoms with Crippen molar-refractivity contribution in [3.8, 4) is 17.2 Å². The fourth-order valence-electron chi connectivity index (χ4n) is 3.22. The summed E-state index contributed by atoms with van der Waals surface area (Å²) in [5, 5.41) is 2.73. The van der Waals surface area contributed by atoms with E-state index in [4.69, 9.17) is 19.9 Å². The zero-order valence-electron chi connectivity index (χ0n) is 17.9. The van der Waals surface area contributed by atoms with Gasteiger partial charge in [0.25, 0.3) is 0 Å². The number of aryl methyl sites for hydroxylation is 1. The third-order valence-corrected chi connectivity index (χ3v) is 5.77. The molecule has 3 rings (SSSR count). The number of thioether (sulfide) groups is 1. The molecule has 166 valence electrons. The monoisotopic (exact) mass is 444 g/mol. The molecule has 3 N–H and O–H groups in total. The Balaban J connectivity index is 1.77. The number of amides is 1. The maximum absolute atomic E-state index is 13.1. The lowest BCUT2D eigenvalue weighted by atomic mass is 10.0. The number of benzene rings is 2. The van der Waals surface area contributed by atoms with Gasteiger partial charge in [0.1, 0.15) is 17.2 Å². The average Bonchev–Trinajstić information content (AvgIpc) is 2.80. The van der Waals surface area contributed by atoms with Crippen LogP contribution in [0.5, 0.6) is 17.2 Å². The minimum absolute atomic E-state index is 0.00318. The maximum atomic E-state index is 13.1. The predicted octanol–water partition coefficient (Wildman–Crippen LogP) is 3.68. The zero-order chi connectivity index (χ0) is 22.2. The number of anilines is 1. The Morgan fingerprint density at radius 3 is 2.81 bits per heavy atom. The van der Waals surface area contributed by atoms with Crippen LogP contribution >= 0.6 is 11.8 Å². The number of ketones is 1. The first-order valence-corrected chi connectivity index (χ1v) is 11.3. The van der Waals surface area contributed by atoms with Crippen LogP contribution in [0.25, 0.3) is 0 Å². The maximum Gasteiger partial charge on any atom is 0.238 e. The molecule has 8 heteroatoms. The van der Waals surface area contributed by atoms with Crippen molar-refractivity contribution >= 4 is 29.1 Å². The van der Waals surface area contributed by atoms with Crippen LogP contribution in [0.3, 0.4) is 0 Å². The molecule has 1 heterocycles. The molecule has 31 heavy (non-hydrogen) atoms. The van der Waals surface area contributed by atoms with E-state index in [1.54, 1.807) is 17.8 Å². The Labute approximate surface area is 186 Å². The fraction of sp³-hybridized carbons (Fsp3) is 0.391. The number of nitrogens with one attached hydrogen (secondary N) is 1. The van der Waals surface area contributed by atoms with Gasteiger partial charge in [0.2, 0.25) is 5.91 Å². The van der Waals surface area contributed by atoms with E-state index in [0.29, 0.717) is 48.8 Å². The number of hydrogen-bond donors (Lipinski definition) is 2. The van der Waals surface area contributed by atoms with Crippen molar-refractivity contribution in [3.05, 3.63) is 41.5 Å². The summed E-state index contributed by atoms with van der Waals surface area (Å²) in [6, 6.07) is 9.18. The van der Waals surface area contributed by atoms with Crippen LogP contribution in [-0.2, 0) is 11.2 Å². The van der Waals surface area contributed by atoms with E-state index < -0.39 is 0 Å². The van der Waals surface area contributed by atoms with Crippen molar-refractivity contribution in [3.63, 3.8) is 0 Å². The van der Waals surface area contributed by atoms with Crippen LogP contribution < -0.4 is 25.3 Å². The Kier molecular flexibility index (Phi) is 8.20. The second-order valence-electron chi connectivity index (χ2n) is 7.05. The van der Waals surface area contributed by atoms with Gasteiger partial charge in [-0.3, -0.25) is 9.59 Å². The minimum Gasteiger partial charge on any atom is -0.495 e. The first-order valence-electron chi connectivity index (χ1n) is 10.3. The number of ether oxygens (including phenoxy) is 3. The normalized spacial score (nSPS) is 12.5. The van der Waals surface area contributed by atoms with E-state index in [2.05, 4.69) is 5.32 Å². The number of hydrogen-bond acceptors (Lipinski definition) is 7. The van der Waals surface area contributed by atoms with E-state index in [9.17, 15) is 9.59 Å². The number of rotatable bonds is 10. The molecule has 1 aliphatic rings. The second kappa shape index (κ2) is 11.1. The highest BCUT2D eigenvalue weighted by molar-refractivity contribution is 7.99. The average molecular weight is 445 g/mol. The van der Waals surface area contributed by atoms with E-state index in [0.717, 1.165) is 28.4 Å². The summed E-state index contributed by atoms with van der Waals surface area (Å²) >= 11 is 1.68. The highest BCUT2D eigenvalue weighted by Gasteiger charge is 2.20. The highest BCUT2D eigenvalue weighted by Crippen LogP contribution is 2.39. The van der Waals surface area contributed by atoms with Crippen LogP contribution in [-0.4, -0.2) is 44.3 Å². The molecule has 0 aromatic heterocycles. The first kappa shape index (κ1) is 23.0. The summed E-state index contributed by atoms with van der Waals surface area (Å²) in [6.45, 7) is 3.09. The van der Waals surface area contributed by atoms with Gasteiger partial charge in [-0.15, -0.1) is 11.8 Å². The third kappa shape index (κ3) is 5.92. The number of methoxy groups -OCH3 is 1. The molecular formula is C23H28N2O5S. The van der Waals surface area contributed by atoms with Crippen LogP contribution in [0.15, 0.2) is 35.2 Å². The molecule has 7 nitrogen and oxygen atoms in total. The fourth-order valence-corrected chi connectivity index (χ4v) is 4.07. The van der Waals surface area contributed by atoms with E-state index >= 15 is 0 Å². The van der Waals surface area contributed by atoms with E-state index in [-0.39, 0.29) is 18.2 Å². The zero-order valence-corrected chi connectivity index (χ0v) is 18.7. The molecule has 0 atom stereocenters. The standard InChI is InChI=1S/C23H28N2O5S/c1-3-8-29-20-13-21-22(31-10-9-30-21)12-16(20)18(26)6-4-15-5-7-19(28-2)17(11-15)25-23(27)14-24/h5,7,11-13H,3-4,6,8-10,14,24H2,1-2H3,(H,25,27). The van der Waals surface area contributed by atoms with E-state index in [1.807, 2.05) is 31.2 Å². The second-order valence-corrected chi connectivity index (χ2v) is 8.19. The van der Waals surface area contributed by atoms with Crippen molar-refractivity contribution in [1.29, 1.82) is 0 Å². The Bertz CT molecular complexity index is 948. The quantitative estimate of drug-likeness (QED) is 0.539. The van der Waals surface area contributed by atoms with Crippen molar-refractivity contribution in [2.75, 3.05) is 37.9 Å². The van der Waals surface area contributed by atoms with Crippen molar-refractivity contribution in [2.24, 2.45) is 5.73 Å². The number of nitrogens with two attached hydrogens (primary N) is 1. The molecule has 2 aromatic rings. The molecule has 0 spiro atoms. The van der Waals surface area contributed by atoms with Gasteiger partial charge in [0, 0.05) is 18.2 Å². The molecule has 0 saturated heterocycles. The molecule has 0 radical (unpaired) electrons. The van der Waals surface area contributed by atoms with Crippen molar-refractivity contribution in [1.82, 2.24) is 0 Å². The van der Waals surface area contributed by atoms with Crippen molar-refractivity contribution < 1.29 is 23.8 Å². The molecule has 0 bridgehead atoms. The molecule has 1 aliphatic heterocycles. The van der Waals surface area contributed by atoms with Crippen LogP contribution in [0, 0.1) is 0 Å². The summed E-state index contributed by atoms with van der Waals surface area (Å²) in [4.78, 5) is 25.7. The van der Waals surface area contributed by atoms with Crippen LogP contribution in [0.4, 0.5) is 5.69 Å². The summed E-state index contributed by atoms with van der Waals surface area (Å²) < 4.78 is 16.9. The van der Waals surface area contributed by atoms with Gasteiger partial charge < -0.3 is 25.3 Å². The smallest absolute Gasteiger partial charge is 0.238 e. The Morgan fingerprint density at radius 2 is 2.06 bits per heavy atom. The van der Waals surface area contributed by atoms with Gasteiger partial charge in [0.15, 0.2) is 5.78 Å². The minimum atomic E-state index is -0.307. The number of Topliss-reactive ketones (excluding diaryl/α,β-unsaturated/α-hetero) is 1. The molecule has 0 aliphatic carbocycles. The summed E-state index contributed by atoms with van der Waals surface area (Å²) in [5.74, 6) is 2.44. The van der Waals surface area contributed by atoms with Gasteiger partial charge >= 0.3 is 0 Å². The Morgan fingerprint density at radius 1 is 1.23 bits per heavy atom. The van der Waals surface area contributed by atoms with Gasteiger partial charge in [-0.05, 0) is 36.6 Å².